The molecule has 3 rings (SSSR count). The van der Waals surface area contributed by atoms with Gasteiger partial charge in [-0.2, -0.15) is 4.98 Å². The van der Waals surface area contributed by atoms with Crippen LogP contribution in [0.2, 0.25) is 0 Å². The lowest BCUT2D eigenvalue weighted by molar-refractivity contribution is -0.141. The quantitative estimate of drug-likeness (QED) is 0.814. The van der Waals surface area contributed by atoms with Crippen LogP contribution in [-0.4, -0.2) is 46.7 Å². The highest BCUT2D eigenvalue weighted by atomic mass is 16.5. The second-order valence-corrected chi connectivity index (χ2v) is 7.94. The zero-order chi connectivity index (χ0) is 17.8. The highest BCUT2D eigenvalue weighted by Crippen LogP contribution is 2.28. The molecule has 2 fully saturated rings. The number of likely N-dealkylation sites (tertiary alicyclic amines) is 1. The number of hydrogen-bond donors (Lipinski definition) is 0. The van der Waals surface area contributed by atoms with Gasteiger partial charge >= 0.3 is 0 Å². The predicted octanol–water partition coefficient (Wildman–Crippen LogP) is 3.49. The van der Waals surface area contributed by atoms with Gasteiger partial charge in [0, 0.05) is 24.9 Å². The molecule has 1 aromatic heterocycles. The van der Waals surface area contributed by atoms with Gasteiger partial charge in [-0.15, -0.1) is 0 Å². The molecule has 140 valence electrons. The lowest BCUT2D eigenvalue weighted by Gasteiger charge is -2.33. The first-order valence-electron chi connectivity index (χ1n) is 9.77. The maximum atomic E-state index is 12.6. The van der Waals surface area contributed by atoms with Crippen molar-refractivity contribution in [2.45, 2.75) is 77.2 Å². The van der Waals surface area contributed by atoms with Gasteiger partial charge in [-0.1, -0.05) is 38.8 Å². The van der Waals surface area contributed by atoms with Crippen LogP contribution in [0.1, 0.15) is 82.8 Å². The van der Waals surface area contributed by atoms with Crippen molar-refractivity contribution in [3.63, 3.8) is 0 Å². The average Bonchev–Trinajstić information content (AvgIpc) is 3.11. The summed E-state index contributed by atoms with van der Waals surface area (Å²) in [5, 5.41) is 4.13. The molecule has 25 heavy (non-hydrogen) atoms. The number of carbonyl (C=O) groups excluding carboxylic acids is 1. The van der Waals surface area contributed by atoms with Crippen LogP contribution in [0.5, 0.6) is 0 Å². The van der Waals surface area contributed by atoms with E-state index in [2.05, 4.69) is 17.1 Å². The lowest BCUT2D eigenvalue weighted by atomic mass is 9.88. The summed E-state index contributed by atoms with van der Waals surface area (Å²) in [6.07, 6.45) is 7.00. The molecule has 0 N–H and O–H groups in total. The van der Waals surface area contributed by atoms with E-state index in [0.717, 1.165) is 31.6 Å². The van der Waals surface area contributed by atoms with Gasteiger partial charge in [0.1, 0.15) is 6.61 Å². The monoisotopic (exact) mass is 349 g/mol. The largest absolute Gasteiger partial charge is 0.368 e. The molecule has 6 heteroatoms. The van der Waals surface area contributed by atoms with Crippen LogP contribution >= 0.6 is 0 Å². The molecular weight excluding hydrogens is 318 g/mol. The number of hydrogen-bond acceptors (Lipinski definition) is 5. The van der Waals surface area contributed by atoms with E-state index >= 15 is 0 Å². The third-order valence-corrected chi connectivity index (χ3v) is 5.54. The van der Waals surface area contributed by atoms with Crippen molar-refractivity contribution < 1.29 is 14.1 Å². The van der Waals surface area contributed by atoms with E-state index in [1.807, 2.05) is 18.7 Å². The fourth-order valence-corrected chi connectivity index (χ4v) is 3.86. The molecule has 0 aromatic carbocycles. The predicted molar refractivity (Wildman–Crippen MR) is 94.3 cm³/mol. The van der Waals surface area contributed by atoms with Crippen molar-refractivity contribution in [3.05, 3.63) is 11.7 Å². The van der Waals surface area contributed by atoms with E-state index in [1.165, 1.54) is 19.3 Å². The Morgan fingerprint density at radius 3 is 2.80 bits per heavy atom. The van der Waals surface area contributed by atoms with Crippen molar-refractivity contribution in [1.29, 1.82) is 0 Å². The Bertz CT molecular complexity index is 572. The number of rotatable bonds is 5. The smallest absolute Gasteiger partial charge is 0.248 e. The number of amides is 1. The van der Waals surface area contributed by atoms with Crippen LogP contribution in [0.25, 0.3) is 0 Å². The Morgan fingerprint density at radius 2 is 2.08 bits per heavy atom. The summed E-state index contributed by atoms with van der Waals surface area (Å²) >= 11 is 0. The van der Waals surface area contributed by atoms with E-state index in [0.29, 0.717) is 18.4 Å². The van der Waals surface area contributed by atoms with Crippen molar-refractivity contribution >= 4 is 5.91 Å². The van der Waals surface area contributed by atoms with E-state index < -0.39 is 0 Å². The Kier molecular flexibility index (Phi) is 6.10. The molecule has 6 nitrogen and oxygen atoms in total. The van der Waals surface area contributed by atoms with E-state index in [-0.39, 0.29) is 30.5 Å². The van der Waals surface area contributed by atoms with Gasteiger partial charge in [0.05, 0.1) is 6.10 Å². The molecule has 1 amide bonds. The zero-order valence-electron chi connectivity index (χ0n) is 15.7. The topological polar surface area (TPSA) is 68.5 Å². The molecule has 1 saturated heterocycles. The van der Waals surface area contributed by atoms with E-state index in [9.17, 15) is 4.79 Å². The fraction of sp³-hybridized carbons (Fsp3) is 0.842. The van der Waals surface area contributed by atoms with Crippen LogP contribution in [0.4, 0.5) is 0 Å². The van der Waals surface area contributed by atoms with Gasteiger partial charge in [-0.3, -0.25) is 4.79 Å². The first kappa shape index (κ1) is 18.4. The normalized spacial score (nSPS) is 27.7. The van der Waals surface area contributed by atoms with Crippen LogP contribution < -0.4 is 0 Å². The van der Waals surface area contributed by atoms with Crippen molar-refractivity contribution in [2.24, 2.45) is 5.92 Å². The Hall–Kier alpha value is -1.43. The number of aromatic nitrogens is 2. The maximum Gasteiger partial charge on any atom is 0.248 e. The first-order chi connectivity index (χ1) is 12.0. The molecule has 0 bridgehead atoms. The van der Waals surface area contributed by atoms with Gasteiger partial charge < -0.3 is 14.2 Å². The summed E-state index contributed by atoms with van der Waals surface area (Å²) in [6, 6.07) is 0. The number of piperidine rings is 1. The van der Waals surface area contributed by atoms with Gasteiger partial charge in [0.2, 0.25) is 11.8 Å². The van der Waals surface area contributed by atoms with Gasteiger partial charge in [0.15, 0.2) is 5.82 Å². The SMILES string of the molecule is CC(C)c1nc([C@@H]2CCCN(C(=O)CO[C@H]3CCCC[C@H]3C)C2)no1. The average molecular weight is 349 g/mol. The highest BCUT2D eigenvalue weighted by molar-refractivity contribution is 5.77. The Balaban J connectivity index is 1.52. The summed E-state index contributed by atoms with van der Waals surface area (Å²) in [6.45, 7) is 7.97. The summed E-state index contributed by atoms with van der Waals surface area (Å²) in [7, 11) is 0. The minimum atomic E-state index is 0.0926. The van der Waals surface area contributed by atoms with Crippen LogP contribution in [-0.2, 0) is 9.53 Å². The fourth-order valence-electron chi connectivity index (χ4n) is 3.86. The number of carbonyl (C=O) groups is 1. The molecule has 1 aliphatic heterocycles. The van der Waals surface area contributed by atoms with Crippen LogP contribution in [0, 0.1) is 5.92 Å². The molecule has 2 heterocycles. The molecule has 3 atom stereocenters. The molecule has 1 aliphatic carbocycles. The Labute approximate surface area is 150 Å². The summed E-state index contributed by atoms with van der Waals surface area (Å²) < 4.78 is 11.3. The highest BCUT2D eigenvalue weighted by Gasteiger charge is 2.29. The van der Waals surface area contributed by atoms with Crippen molar-refractivity contribution in [1.82, 2.24) is 15.0 Å². The molecular formula is C19H31N3O3. The van der Waals surface area contributed by atoms with Crippen molar-refractivity contribution in [2.75, 3.05) is 19.7 Å². The summed E-state index contributed by atoms with van der Waals surface area (Å²) in [5.74, 6) is 2.46. The molecule has 0 unspecified atom stereocenters. The number of nitrogens with zero attached hydrogens (tertiary/aromatic N) is 3. The van der Waals surface area contributed by atoms with Gasteiger partial charge in [0.25, 0.3) is 0 Å². The standard InChI is InChI=1S/C19H31N3O3/c1-13(2)19-20-18(21-25-19)15-8-6-10-22(11-15)17(23)12-24-16-9-5-4-7-14(16)3/h13-16H,4-12H2,1-3H3/t14-,15-,16+/m1/s1. The molecule has 0 radical (unpaired) electrons. The third-order valence-electron chi connectivity index (χ3n) is 5.54. The minimum Gasteiger partial charge on any atom is -0.368 e. The van der Waals surface area contributed by atoms with E-state index in [4.69, 9.17) is 9.26 Å². The summed E-state index contributed by atoms with van der Waals surface area (Å²) in [5.41, 5.74) is 0. The second kappa shape index (κ2) is 8.30. The van der Waals surface area contributed by atoms with Crippen molar-refractivity contribution in [3.8, 4) is 0 Å². The third kappa shape index (κ3) is 4.60. The minimum absolute atomic E-state index is 0.0926. The molecule has 0 spiro atoms. The summed E-state index contributed by atoms with van der Waals surface area (Å²) in [4.78, 5) is 19.0. The lowest BCUT2D eigenvalue weighted by Crippen LogP contribution is -2.42. The van der Waals surface area contributed by atoms with Crippen LogP contribution in [0.3, 0.4) is 0 Å². The first-order valence-corrected chi connectivity index (χ1v) is 9.77. The zero-order valence-corrected chi connectivity index (χ0v) is 15.7. The van der Waals surface area contributed by atoms with Gasteiger partial charge in [-0.05, 0) is 31.6 Å². The molecule has 1 aromatic rings. The molecule has 1 saturated carbocycles. The maximum absolute atomic E-state index is 12.6. The second-order valence-electron chi connectivity index (χ2n) is 7.94. The molecule has 2 aliphatic rings. The number of ether oxygens (including phenoxy) is 1. The van der Waals surface area contributed by atoms with Crippen LogP contribution in [0.15, 0.2) is 4.52 Å². The Morgan fingerprint density at radius 1 is 1.28 bits per heavy atom. The van der Waals surface area contributed by atoms with E-state index in [1.54, 1.807) is 0 Å². The van der Waals surface area contributed by atoms with Gasteiger partial charge in [-0.25, -0.2) is 0 Å².